The number of thiazole rings is 1. The molecule has 8 heteroatoms. The number of nitrogens with one attached hydrogen (secondary N) is 2. The lowest BCUT2D eigenvalue weighted by Gasteiger charge is -2.40. The van der Waals surface area contributed by atoms with E-state index in [9.17, 15) is 0 Å². The summed E-state index contributed by atoms with van der Waals surface area (Å²) in [5, 5.41) is 8.79. The van der Waals surface area contributed by atoms with Gasteiger partial charge in [0.1, 0.15) is 0 Å². The van der Waals surface area contributed by atoms with Crippen LogP contribution in [0.3, 0.4) is 0 Å². The number of nitrogens with zero attached hydrogens (tertiary/aromatic N) is 3. The number of likely N-dealkylation sites (tertiary alicyclic amines) is 1. The minimum atomic E-state index is 0. The van der Waals surface area contributed by atoms with E-state index in [2.05, 4.69) is 44.7 Å². The van der Waals surface area contributed by atoms with Crippen molar-refractivity contribution in [1.82, 2.24) is 20.5 Å². The van der Waals surface area contributed by atoms with Gasteiger partial charge in [0.2, 0.25) is 0 Å². The Bertz CT molecular complexity index is 781. The molecule has 2 aromatic rings. The summed E-state index contributed by atoms with van der Waals surface area (Å²) in [5.41, 5.74) is 1.29. The van der Waals surface area contributed by atoms with Crippen LogP contribution in [0.1, 0.15) is 34.3 Å². The fourth-order valence-electron chi connectivity index (χ4n) is 3.80. The van der Waals surface area contributed by atoms with Gasteiger partial charge in [-0.25, -0.2) is 4.98 Å². The van der Waals surface area contributed by atoms with Gasteiger partial charge in [0, 0.05) is 35.7 Å². The van der Waals surface area contributed by atoms with Gasteiger partial charge in [0.15, 0.2) is 5.96 Å². The zero-order valence-electron chi connectivity index (χ0n) is 16.6. The number of aromatic nitrogens is 1. The Labute approximate surface area is 194 Å². The lowest BCUT2D eigenvalue weighted by atomic mass is 9.85. The largest absolute Gasteiger partial charge is 0.356 e. The van der Waals surface area contributed by atoms with E-state index in [0.29, 0.717) is 12.0 Å². The van der Waals surface area contributed by atoms with Crippen molar-refractivity contribution in [3.63, 3.8) is 0 Å². The topological polar surface area (TPSA) is 52.6 Å². The predicted octanol–water partition coefficient (Wildman–Crippen LogP) is 4.47. The Hall–Kier alpha value is -0.900. The van der Waals surface area contributed by atoms with Crippen molar-refractivity contribution in [2.75, 3.05) is 27.2 Å². The average molecular weight is 534 g/mol. The van der Waals surface area contributed by atoms with E-state index < -0.39 is 0 Å². The first-order valence-corrected chi connectivity index (χ1v) is 10.6. The molecule has 1 aliphatic rings. The molecule has 2 atom stereocenters. The standard InChI is InChI=1S/C20H28ClN5S.HI/c1-14-23-12-18(27-14)13-25-20(22-2)24-11-16-7-5-9-26(3)19(16)15-6-4-8-17(21)10-15;/h4,6,8,10,12,16,19H,5,7,9,11,13H2,1-3H3,(H2,22,24,25);1H. The fourth-order valence-corrected chi connectivity index (χ4v) is 4.73. The maximum atomic E-state index is 6.24. The minimum Gasteiger partial charge on any atom is -0.356 e. The molecular weight excluding hydrogens is 505 g/mol. The smallest absolute Gasteiger partial charge is 0.191 e. The molecule has 3 rings (SSSR count). The summed E-state index contributed by atoms with van der Waals surface area (Å²) in [6.07, 6.45) is 4.33. The Morgan fingerprint density at radius 2 is 2.21 bits per heavy atom. The van der Waals surface area contributed by atoms with E-state index in [0.717, 1.165) is 35.6 Å². The fraction of sp³-hybridized carbons (Fsp3) is 0.500. The predicted molar refractivity (Wildman–Crippen MR) is 130 cm³/mol. The first-order chi connectivity index (χ1) is 13.1. The van der Waals surface area contributed by atoms with Gasteiger partial charge in [-0.1, -0.05) is 23.7 Å². The normalized spacial score (nSPS) is 20.5. The molecule has 1 fully saturated rings. The Morgan fingerprint density at radius 1 is 1.39 bits per heavy atom. The summed E-state index contributed by atoms with van der Waals surface area (Å²) in [7, 11) is 4.02. The van der Waals surface area contributed by atoms with Gasteiger partial charge in [0.25, 0.3) is 0 Å². The van der Waals surface area contributed by atoms with Crippen molar-refractivity contribution < 1.29 is 0 Å². The zero-order valence-corrected chi connectivity index (χ0v) is 20.5. The Balaban J connectivity index is 0.00000280. The van der Waals surface area contributed by atoms with Crippen LogP contribution in [-0.4, -0.2) is 43.0 Å². The van der Waals surface area contributed by atoms with Gasteiger partial charge in [0.05, 0.1) is 11.6 Å². The molecule has 2 N–H and O–H groups in total. The first kappa shape index (κ1) is 23.4. The quantitative estimate of drug-likeness (QED) is 0.338. The number of guanidine groups is 1. The molecule has 0 saturated carbocycles. The third-order valence-corrected chi connectivity index (χ3v) is 6.20. The van der Waals surface area contributed by atoms with Crippen LogP contribution in [0.15, 0.2) is 35.5 Å². The lowest BCUT2D eigenvalue weighted by molar-refractivity contribution is 0.122. The highest BCUT2D eigenvalue weighted by Gasteiger charge is 2.30. The number of piperidine rings is 1. The van der Waals surface area contributed by atoms with Crippen LogP contribution in [-0.2, 0) is 6.54 Å². The molecule has 1 aromatic carbocycles. The summed E-state index contributed by atoms with van der Waals surface area (Å²) < 4.78 is 0. The summed E-state index contributed by atoms with van der Waals surface area (Å²) in [6.45, 7) is 4.76. The average Bonchev–Trinajstić information content (AvgIpc) is 3.07. The van der Waals surface area contributed by atoms with E-state index in [-0.39, 0.29) is 24.0 Å². The monoisotopic (exact) mass is 533 g/mol. The van der Waals surface area contributed by atoms with Crippen molar-refractivity contribution in [2.45, 2.75) is 32.4 Å². The summed E-state index contributed by atoms with van der Waals surface area (Å²) in [6, 6.07) is 8.63. The Kier molecular flexibility index (Phi) is 9.46. The van der Waals surface area contributed by atoms with E-state index in [1.54, 1.807) is 11.3 Å². The number of hydrogen-bond donors (Lipinski definition) is 2. The van der Waals surface area contributed by atoms with Gasteiger partial charge < -0.3 is 10.6 Å². The van der Waals surface area contributed by atoms with Crippen LogP contribution < -0.4 is 10.6 Å². The molecule has 1 aliphatic heterocycles. The second-order valence-electron chi connectivity index (χ2n) is 7.04. The molecule has 0 spiro atoms. The van der Waals surface area contributed by atoms with E-state index in [4.69, 9.17) is 11.6 Å². The highest BCUT2D eigenvalue weighted by atomic mass is 127. The molecule has 28 heavy (non-hydrogen) atoms. The van der Waals surface area contributed by atoms with Crippen molar-refractivity contribution >= 4 is 52.9 Å². The number of benzene rings is 1. The van der Waals surface area contributed by atoms with Gasteiger partial charge in [-0.3, -0.25) is 9.89 Å². The van der Waals surface area contributed by atoms with Crippen LogP contribution in [0.5, 0.6) is 0 Å². The molecular formula is C20H29ClIN5S. The minimum absolute atomic E-state index is 0. The second-order valence-corrected chi connectivity index (χ2v) is 8.79. The molecule has 0 radical (unpaired) electrons. The third kappa shape index (κ3) is 6.30. The maximum Gasteiger partial charge on any atom is 0.191 e. The van der Waals surface area contributed by atoms with Gasteiger partial charge >= 0.3 is 0 Å². The Morgan fingerprint density at radius 3 is 2.89 bits per heavy atom. The van der Waals surface area contributed by atoms with Crippen molar-refractivity contribution in [3.05, 3.63) is 50.9 Å². The third-order valence-electron chi connectivity index (χ3n) is 5.05. The van der Waals surface area contributed by atoms with Gasteiger partial charge in [-0.15, -0.1) is 35.3 Å². The lowest BCUT2D eigenvalue weighted by Crippen LogP contribution is -2.44. The maximum absolute atomic E-state index is 6.24. The molecule has 0 amide bonds. The number of rotatable bonds is 5. The highest BCUT2D eigenvalue weighted by molar-refractivity contribution is 14.0. The van der Waals surface area contributed by atoms with Crippen LogP contribution in [0.25, 0.3) is 0 Å². The SMILES string of the molecule is CN=C(NCc1cnc(C)s1)NCC1CCCN(C)C1c1cccc(Cl)c1.I. The molecule has 0 bridgehead atoms. The molecule has 5 nitrogen and oxygen atoms in total. The zero-order chi connectivity index (χ0) is 19.2. The molecule has 2 unspecified atom stereocenters. The number of halogens is 2. The van der Waals surface area contributed by atoms with Gasteiger partial charge in [-0.2, -0.15) is 0 Å². The van der Waals surface area contributed by atoms with E-state index >= 15 is 0 Å². The molecule has 1 saturated heterocycles. The second kappa shape index (κ2) is 11.3. The van der Waals surface area contributed by atoms with Gasteiger partial charge in [-0.05, 0) is 57.0 Å². The van der Waals surface area contributed by atoms with Crippen LogP contribution in [0.2, 0.25) is 5.02 Å². The highest BCUT2D eigenvalue weighted by Crippen LogP contribution is 2.35. The summed E-state index contributed by atoms with van der Waals surface area (Å²) in [5.74, 6) is 1.34. The number of aliphatic imine (C=N–C) groups is 1. The van der Waals surface area contributed by atoms with E-state index in [1.807, 2.05) is 32.3 Å². The van der Waals surface area contributed by atoms with Crippen LogP contribution >= 0.6 is 46.9 Å². The summed E-state index contributed by atoms with van der Waals surface area (Å²) in [4.78, 5) is 12.3. The molecule has 154 valence electrons. The van der Waals surface area contributed by atoms with E-state index in [1.165, 1.54) is 23.3 Å². The number of aryl methyl sites for hydroxylation is 1. The van der Waals surface area contributed by atoms with Crippen molar-refractivity contribution in [3.8, 4) is 0 Å². The van der Waals surface area contributed by atoms with Crippen molar-refractivity contribution in [1.29, 1.82) is 0 Å². The van der Waals surface area contributed by atoms with Crippen molar-refractivity contribution in [2.24, 2.45) is 10.9 Å². The molecule has 1 aromatic heterocycles. The van der Waals surface area contributed by atoms with Crippen LogP contribution in [0, 0.1) is 12.8 Å². The summed E-state index contributed by atoms with van der Waals surface area (Å²) >= 11 is 7.95. The number of hydrogen-bond acceptors (Lipinski definition) is 4. The molecule has 2 heterocycles. The molecule has 0 aliphatic carbocycles. The van der Waals surface area contributed by atoms with Crippen LogP contribution in [0.4, 0.5) is 0 Å². The first-order valence-electron chi connectivity index (χ1n) is 9.38.